The number of hydrogen-bond donors (Lipinski definition) is 1. The number of nitrogens with one attached hydrogen (secondary N) is 1. The van der Waals surface area contributed by atoms with Crippen molar-refractivity contribution in [2.45, 2.75) is 30.1 Å². The van der Waals surface area contributed by atoms with Crippen molar-refractivity contribution in [1.82, 2.24) is 24.6 Å². The lowest BCUT2D eigenvalue weighted by molar-refractivity contribution is 0.550. The molecule has 1 N–H and O–H groups in total. The van der Waals surface area contributed by atoms with E-state index in [0.29, 0.717) is 10.7 Å². The van der Waals surface area contributed by atoms with Gasteiger partial charge in [0.15, 0.2) is 21.1 Å². The molecular formula is C19H18ClN5O2S. The molecular weight excluding hydrogens is 398 g/mol. The van der Waals surface area contributed by atoms with Gasteiger partial charge in [0.05, 0.1) is 22.4 Å². The van der Waals surface area contributed by atoms with Crippen LogP contribution in [0.5, 0.6) is 0 Å². The highest BCUT2D eigenvalue weighted by Crippen LogP contribution is 2.39. The zero-order valence-electron chi connectivity index (χ0n) is 14.9. The highest BCUT2D eigenvalue weighted by molar-refractivity contribution is 7.91. The zero-order chi connectivity index (χ0) is 19.3. The van der Waals surface area contributed by atoms with Crippen molar-refractivity contribution in [3.05, 3.63) is 53.6 Å². The molecule has 5 rings (SSSR count). The predicted octanol–water partition coefficient (Wildman–Crippen LogP) is 3.62. The summed E-state index contributed by atoms with van der Waals surface area (Å²) < 4.78 is 27.6. The summed E-state index contributed by atoms with van der Waals surface area (Å²) in [5.74, 6) is 1.27. The molecule has 0 bridgehead atoms. The molecule has 1 aromatic carbocycles. The predicted molar refractivity (Wildman–Crippen MR) is 106 cm³/mol. The minimum Gasteiger partial charge on any atom is -0.345 e. The van der Waals surface area contributed by atoms with Crippen LogP contribution < -0.4 is 0 Å². The summed E-state index contributed by atoms with van der Waals surface area (Å²) in [4.78, 5) is 7.74. The molecule has 0 unspecified atom stereocenters. The van der Waals surface area contributed by atoms with E-state index in [1.54, 1.807) is 24.4 Å². The molecule has 0 radical (unpaired) electrons. The van der Waals surface area contributed by atoms with Crippen LogP contribution >= 0.6 is 11.6 Å². The number of sulfone groups is 1. The van der Waals surface area contributed by atoms with Crippen molar-refractivity contribution >= 4 is 38.2 Å². The molecule has 3 heterocycles. The number of benzene rings is 1. The Kier molecular flexibility index (Phi) is 4.13. The molecule has 1 aliphatic rings. The van der Waals surface area contributed by atoms with Crippen LogP contribution in [-0.4, -0.2) is 38.7 Å². The highest BCUT2D eigenvalue weighted by Gasteiger charge is 2.33. The van der Waals surface area contributed by atoms with Gasteiger partial charge in [-0.15, -0.1) is 10.2 Å². The van der Waals surface area contributed by atoms with E-state index >= 15 is 0 Å². The van der Waals surface area contributed by atoms with Crippen LogP contribution in [0.3, 0.4) is 0 Å². The van der Waals surface area contributed by atoms with Gasteiger partial charge in [-0.2, -0.15) is 0 Å². The first-order valence-corrected chi connectivity index (χ1v) is 11.2. The largest absolute Gasteiger partial charge is 0.345 e. The van der Waals surface area contributed by atoms with Crippen LogP contribution in [0.2, 0.25) is 5.02 Å². The lowest BCUT2D eigenvalue weighted by Crippen LogP contribution is -2.14. The maximum atomic E-state index is 12.8. The van der Waals surface area contributed by atoms with Gasteiger partial charge in [-0.05, 0) is 49.4 Å². The first-order valence-electron chi connectivity index (χ1n) is 9.17. The van der Waals surface area contributed by atoms with E-state index in [1.165, 1.54) is 6.07 Å². The Morgan fingerprint density at radius 1 is 1.21 bits per heavy atom. The number of nitrogens with zero attached hydrogens (tertiary/aromatic N) is 4. The Labute approximate surface area is 166 Å². The van der Waals surface area contributed by atoms with Crippen molar-refractivity contribution < 1.29 is 8.42 Å². The molecule has 1 aliphatic carbocycles. The van der Waals surface area contributed by atoms with E-state index in [4.69, 9.17) is 11.6 Å². The average Bonchev–Trinajstić information content (AvgIpc) is 3.39. The summed E-state index contributed by atoms with van der Waals surface area (Å²) in [5, 5.41) is 9.09. The van der Waals surface area contributed by atoms with E-state index in [9.17, 15) is 8.42 Å². The van der Waals surface area contributed by atoms with Gasteiger partial charge in [-0.25, -0.2) is 13.4 Å². The molecule has 9 heteroatoms. The number of rotatable bonds is 4. The summed E-state index contributed by atoms with van der Waals surface area (Å²) in [6.45, 7) is 0. The number of halogens is 1. The average molecular weight is 416 g/mol. The third-order valence-electron chi connectivity index (χ3n) is 5.48. The minimum atomic E-state index is -3.37. The van der Waals surface area contributed by atoms with Crippen LogP contribution in [0.1, 0.15) is 31.0 Å². The molecule has 1 fully saturated rings. The van der Waals surface area contributed by atoms with Gasteiger partial charge in [0, 0.05) is 17.1 Å². The number of H-pyrrole nitrogens is 1. The van der Waals surface area contributed by atoms with Crippen molar-refractivity contribution in [2.24, 2.45) is 5.92 Å². The fourth-order valence-corrected chi connectivity index (χ4v) is 6.15. The fourth-order valence-electron chi connectivity index (χ4n) is 4.19. The zero-order valence-corrected chi connectivity index (χ0v) is 16.5. The highest BCUT2D eigenvalue weighted by atomic mass is 35.5. The van der Waals surface area contributed by atoms with E-state index < -0.39 is 9.84 Å². The SMILES string of the molecule is O=S(=O)(C[C@H]1CC[C@@H](c2nnc3cnc4[nH]ccc4n23)C1)c1cccc(Cl)c1. The molecule has 2 atom stereocenters. The van der Waals surface area contributed by atoms with Gasteiger partial charge < -0.3 is 4.98 Å². The van der Waals surface area contributed by atoms with Crippen molar-refractivity contribution in [3.8, 4) is 0 Å². The third-order valence-corrected chi connectivity index (χ3v) is 7.60. The normalized spacial score (nSPS) is 20.3. The Hall–Kier alpha value is -2.45. The second-order valence-electron chi connectivity index (χ2n) is 7.34. The molecule has 3 aromatic heterocycles. The van der Waals surface area contributed by atoms with Gasteiger partial charge in [-0.1, -0.05) is 17.7 Å². The van der Waals surface area contributed by atoms with Crippen LogP contribution in [-0.2, 0) is 9.84 Å². The Morgan fingerprint density at radius 3 is 2.96 bits per heavy atom. The van der Waals surface area contributed by atoms with Crippen molar-refractivity contribution in [1.29, 1.82) is 0 Å². The molecule has 1 saturated carbocycles. The van der Waals surface area contributed by atoms with Gasteiger partial charge in [0.25, 0.3) is 0 Å². The van der Waals surface area contributed by atoms with Crippen LogP contribution in [0.4, 0.5) is 0 Å². The summed E-state index contributed by atoms with van der Waals surface area (Å²) in [5.41, 5.74) is 2.43. The summed E-state index contributed by atoms with van der Waals surface area (Å²) in [6, 6.07) is 8.43. The molecule has 28 heavy (non-hydrogen) atoms. The Morgan fingerprint density at radius 2 is 2.11 bits per heavy atom. The monoisotopic (exact) mass is 415 g/mol. The van der Waals surface area contributed by atoms with Gasteiger partial charge in [-0.3, -0.25) is 4.40 Å². The van der Waals surface area contributed by atoms with Crippen LogP contribution in [0.25, 0.3) is 16.8 Å². The molecule has 0 saturated heterocycles. The standard InChI is InChI=1S/C19H18ClN5O2S/c20-14-2-1-3-15(9-14)28(26,27)11-12-4-5-13(8-12)19-24-23-17-10-22-18-16(25(17)19)6-7-21-18/h1-3,6-7,9-10,12-13,21H,4-5,8,11H2/t12-,13+/m0/s1. The second kappa shape index (κ2) is 6.56. The molecule has 0 spiro atoms. The van der Waals surface area contributed by atoms with E-state index in [2.05, 4.69) is 20.2 Å². The quantitative estimate of drug-likeness (QED) is 0.549. The number of fused-ring (bicyclic) bond motifs is 3. The van der Waals surface area contributed by atoms with Crippen LogP contribution in [0.15, 0.2) is 47.6 Å². The van der Waals surface area contributed by atoms with E-state index in [0.717, 1.165) is 36.3 Å². The molecule has 4 aromatic rings. The summed E-state index contributed by atoms with van der Waals surface area (Å²) >= 11 is 5.96. The third kappa shape index (κ3) is 2.97. The first-order chi connectivity index (χ1) is 13.5. The lowest BCUT2D eigenvalue weighted by atomic mass is 10.1. The summed E-state index contributed by atoms with van der Waals surface area (Å²) in [6.07, 6.45) is 6.06. The molecule has 7 nitrogen and oxygen atoms in total. The smallest absolute Gasteiger partial charge is 0.179 e. The topological polar surface area (TPSA) is 93.0 Å². The Bertz CT molecular complexity index is 1280. The first kappa shape index (κ1) is 17.6. The molecule has 144 valence electrons. The van der Waals surface area contributed by atoms with Crippen LogP contribution in [0, 0.1) is 5.92 Å². The molecule has 0 amide bonds. The number of aromatic amines is 1. The van der Waals surface area contributed by atoms with Gasteiger partial charge >= 0.3 is 0 Å². The lowest BCUT2D eigenvalue weighted by Gasteiger charge is -2.12. The second-order valence-corrected chi connectivity index (χ2v) is 9.81. The minimum absolute atomic E-state index is 0.0879. The maximum absolute atomic E-state index is 12.8. The van der Waals surface area contributed by atoms with Gasteiger partial charge in [0.1, 0.15) is 5.82 Å². The van der Waals surface area contributed by atoms with E-state index in [1.807, 2.05) is 16.7 Å². The van der Waals surface area contributed by atoms with E-state index in [-0.39, 0.29) is 22.5 Å². The Balaban J connectivity index is 1.41. The number of aromatic nitrogens is 5. The summed E-state index contributed by atoms with van der Waals surface area (Å²) in [7, 11) is -3.37. The molecule has 0 aliphatic heterocycles. The van der Waals surface area contributed by atoms with Gasteiger partial charge in [0.2, 0.25) is 0 Å². The van der Waals surface area contributed by atoms with Crippen molar-refractivity contribution in [2.75, 3.05) is 5.75 Å². The fraction of sp³-hybridized carbons (Fsp3) is 0.316. The maximum Gasteiger partial charge on any atom is 0.179 e. The number of hydrogen-bond acceptors (Lipinski definition) is 5. The van der Waals surface area contributed by atoms with Crippen molar-refractivity contribution in [3.63, 3.8) is 0 Å².